The molecule has 101 valence electrons. The van der Waals surface area contributed by atoms with Crippen LogP contribution in [0.3, 0.4) is 0 Å². The zero-order valence-electron chi connectivity index (χ0n) is 10.9. The lowest BCUT2D eigenvalue weighted by Gasteiger charge is -2.26. The molecule has 5 nitrogen and oxygen atoms in total. The first kappa shape index (κ1) is 14.9. The molecule has 1 aliphatic rings. The molecule has 0 aliphatic carbocycles. The van der Waals surface area contributed by atoms with Crippen molar-refractivity contribution in [3.05, 3.63) is 6.42 Å². The molecule has 6 heteroatoms. The summed E-state index contributed by atoms with van der Waals surface area (Å²) in [6.07, 6.45) is 3.86. The van der Waals surface area contributed by atoms with E-state index in [0.717, 1.165) is 32.5 Å². The number of likely N-dealkylation sites (N-methyl/N-ethyl adjacent to an activating group) is 1. The maximum Gasteiger partial charge on any atom is 0.279 e. The zero-order chi connectivity index (χ0) is 12.7. The van der Waals surface area contributed by atoms with Crippen LogP contribution in [0, 0.1) is 6.42 Å². The summed E-state index contributed by atoms with van der Waals surface area (Å²) < 4.78 is 28.1. The lowest BCUT2D eigenvalue weighted by molar-refractivity contribution is 0.306. The van der Waals surface area contributed by atoms with Crippen LogP contribution >= 0.6 is 0 Å². The van der Waals surface area contributed by atoms with Gasteiger partial charge in [-0.3, -0.25) is 0 Å². The maximum absolute atomic E-state index is 11.9. The predicted molar refractivity (Wildman–Crippen MR) is 69.8 cm³/mol. The zero-order valence-corrected chi connectivity index (χ0v) is 11.7. The lowest BCUT2D eigenvalue weighted by Crippen LogP contribution is -2.45. The van der Waals surface area contributed by atoms with E-state index in [9.17, 15) is 8.42 Å². The van der Waals surface area contributed by atoms with Gasteiger partial charge in [0.25, 0.3) is 10.2 Å². The molecular formula is C11H24N3O2S. The van der Waals surface area contributed by atoms with Gasteiger partial charge in [0.2, 0.25) is 0 Å². The van der Waals surface area contributed by atoms with Crippen molar-refractivity contribution >= 4 is 10.2 Å². The summed E-state index contributed by atoms with van der Waals surface area (Å²) in [5, 5.41) is 0. The van der Waals surface area contributed by atoms with Crippen LogP contribution in [0.1, 0.15) is 26.7 Å². The van der Waals surface area contributed by atoms with Crippen LogP contribution in [0.25, 0.3) is 0 Å². The van der Waals surface area contributed by atoms with E-state index in [0.29, 0.717) is 19.6 Å². The van der Waals surface area contributed by atoms with Crippen molar-refractivity contribution in [1.29, 1.82) is 0 Å². The van der Waals surface area contributed by atoms with Gasteiger partial charge >= 0.3 is 0 Å². The van der Waals surface area contributed by atoms with Crippen LogP contribution in [0.4, 0.5) is 0 Å². The normalized spacial score (nSPS) is 18.8. The van der Waals surface area contributed by atoms with Gasteiger partial charge in [0.15, 0.2) is 0 Å². The van der Waals surface area contributed by atoms with Crippen molar-refractivity contribution in [3.63, 3.8) is 0 Å². The van der Waals surface area contributed by atoms with Gasteiger partial charge in [-0.15, -0.1) is 0 Å². The fraction of sp³-hybridized carbons (Fsp3) is 0.909. The third kappa shape index (κ3) is 4.91. The number of nitrogens with one attached hydrogen (secondary N) is 1. The van der Waals surface area contributed by atoms with Gasteiger partial charge < -0.3 is 4.90 Å². The number of piperidine rings is 1. The number of nitrogens with zero attached hydrogens (tertiary/aromatic N) is 2. The topological polar surface area (TPSA) is 52.7 Å². The second-order valence-corrected chi connectivity index (χ2v) is 5.95. The van der Waals surface area contributed by atoms with E-state index in [2.05, 4.69) is 29.9 Å². The molecule has 17 heavy (non-hydrogen) atoms. The van der Waals surface area contributed by atoms with E-state index in [1.807, 2.05) is 0 Å². The minimum atomic E-state index is -3.26. The first-order chi connectivity index (χ1) is 8.10. The molecular weight excluding hydrogens is 238 g/mol. The van der Waals surface area contributed by atoms with Crippen LogP contribution in [-0.4, -0.2) is 56.9 Å². The van der Waals surface area contributed by atoms with Crippen LogP contribution in [0.5, 0.6) is 0 Å². The molecule has 0 aromatic rings. The van der Waals surface area contributed by atoms with E-state index < -0.39 is 10.2 Å². The van der Waals surface area contributed by atoms with Gasteiger partial charge in [-0.2, -0.15) is 12.7 Å². The Morgan fingerprint density at radius 3 is 2.35 bits per heavy atom. The quantitative estimate of drug-likeness (QED) is 0.725. The summed E-state index contributed by atoms with van der Waals surface area (Å²) >= 11 is 0. The molecule has 0 aromatic heterocycles. The van der Waals surface area contributed by atoms with E-state index >= 15 is 0 Å². The molecule has 1 rings (SSSR count). The first-order valence-electron chi connectivity index (χ1n) is 6.39. The summed E-state index contributed by atoms with van der Waals surface area (Å²) in [5.74, 6) is 0. The molecule has 0 bridgehead atoms. The van der Waals surface area contributed by atoms with E-state index in [-0.39, 0.29) is 0 Å². The SMILES string of the molecule is CCN(CC)CCNS(=O)(=O)N1CC[CH]CC1. The van der Waals surface area contributed by atoms with E-state index in [1.165, 1.54) is 4.31 Å². The molecule has 0 amide bonds. The van der Waals surface area contributed by atoms with Crippen molar-refractivity contribution < 1.29 is 8.42 Å². The fourth-order valence-electron chi connectivity index (χ4n) is 1.93. The first-order valence-corrected chi connectivity index (χ1v) is 7.83. The van der Waals surface area contributed by atoms with Gasteiger partial charge in [0.05, 0.1) is 0 Å². The number of hydrogen-bond acceptors (Lipinski definition) is 3. The highest BCUT2D eigenvalue weighted by molar-refractivity contribution is 7.87. The average Bonchev–Trinajstić information content (AvgIpc) is 2.36. The minimum Gasteiger partial charge on any atom is -0.303 e. The summed E-state index contributed by atoms with van der Waals surface area (Å²) in [6.45, 7) is 8.56. The molecule has 0 unspecified atom stereocenters. The second-order valence-electron chi connectivity index (χ2n) is 4.19. The highest BCUT2D eigenvalue weighted by Gasteiger charge is 2.23. The van der Waals surface area contributed by atoms with Crippen molar-refractivity contribution in [3.8, 4) is 0 Å². The van der Waals surface area contributed by atoms with Gasteiger partial charge in [-0.25, -0.2) is 4.72 Å². The molecule has 1 N–H and O–H groups in total. The van der Waals surface area contributed by atoms with Gasteiger partial charge in [-0.05, 0) is 32.4 Å². The van der Waals surface area contributed by atoms with Crippen LogP contribution in [0.15, 0.2) is 0 Å². The lowest BCUT2D eigenvalue weighted by atomic mass is 10.2. The van der Waals surface area contributed by atoms with Gasteiger partial charge in [0.1, 0.15) is 0 Å². The van der Waals surface area contributed by atoms with E-state index in [4.69, 9.17) is 0 Å². The predicted octanol–water partition coefficient (Wildman–Crippen LogP) is 0.463. The number of rotatable bonds is 7. The average molecular weight is 262 g/mol. The highest BCUT2D eigenvalue weighted by Crippen LogP contribution is 2.10. The van der Waals surface area contributed by atoms with Crippen molar-refractivity contribution in [2.45, 2.75) is 26.7 Å². The highest BCUT2D eigenvalue weighted by atomic mass is 32.2. The monoisotopic (exact) mass is 262 g/mol. The number of hydrogen-bond donors (Lipinski definition) is 1. The standard InChI is InChI=1S/C11H24N3O2S/c1-3-13(4-2)11-8-12-17(15,16)14-9-6-5-7-10-14/h5,12H,3-4,6-11H2,1-2H3. The maximum atomic E-state index is 11.9. The molecule has 1 aliphatic heterocycles. The molecule has 1 heterocycles. The molecule has 1 fully saturated rings. The third-order valence-electron chi connectivity index (χ3n) is 3.11. The van der Waals surface area contributed by atoms with Crippen molar-refractivity contribution in [2.75, 3.05) is 39.3 Å². The second kappa shape index (κ2) is 7.31. The van der Waals surface area contributed by atoms with E-state index in [1.54, 1.807) is 0 Å². The Morgan fingerprint density at radius 1 is 1.24 bits per heavy atom. The van der Waals surface area contributed by atoms with Crippen molar-refractivity contribution in [2.24, 2.45) is 0 Å². The van der Waals surface area contributed by atoms with Crippen molar-refractivity contribution in [1.82, 2.24) is 13.9 Å². The Balaban J connectivity index is 2.33. The van der Waals surface area contributed by atoms with Crippen LogP contribution < -0.4 is 4.72 Å². The molecule has 0 spiro atoms. The summed E-state index contributed by atoms with van der Waals surface area (Å²) in [6, 6.07) is 0. The molecule has 0 aromatic carbocycles. The Kier molecular flexibility index (Phi) is 6.40. The largest absolute Gasteiger partial charge is 0.303 e. The minimum absolute atomic E-state index is 0.490. The van der Waals surface area contributed by atoms with Crippen LogP contribution in [0.2, 0.25) is 0 Å². The molecule has 0 saturated carbocycles. The fourth-order valence-corrected chi connectivity index (χ4v) is 3.15. The molecule has 0 atom stereocenters. The Bertz CT molecular complexity index is 296. The molecule has 1 radical (unpaired) electrons. The van der Waals surface area contributed by atoms with Gasteiger partial charge in [-0.1, -0.05) is 13.8 Å². The van der Waals surface area contributed by atoms with Gasteiger partial charge in [0, 0.05) is 26.2 Å². The smallest absolute Gasteiger partial charge is 0.279 e. The third-order valence-corrected chi connectivity index (χ3v) is 4.73. The summed E-state index contributed by atoms with van der Waals surface area (Å²) in [7, 11) is -3.26. The van der Waals surface area contributed by atoms with Crippen LogP contribution in [-0.2, 0) is 10.2 Å². The summed E-state index contributed by atoms with van der Waals surface area (Å²) in [4.78, 5) is 2.20. The Hall–Kier alpha value is -0.170. The molecule has 1 saturated heterocycles. The summed E-state index contributed by atoms with van der Waals surface area (Å²) in [5.41, 5.74) is 0. The Labute approximate surface area is 105 Å². The Morgan fingerprint density at radius 2 is 1.82 bits per heavy atom.